The molecule has 1 aliphatic heterocycles. The summed E-state index contributed by atoms with van der Waals surface area (Å²) >= 11 is 0. The lowest BCUT2D eigenvalue weighted by Crippen LogP contribution is -2.41. The second-order valence-electron chi connectivity index (χ2n) is 6.07. The summed E-state index contributed by atoms with van der Waals surface area (Å²) in [6, 6.07) is 8.31. The van der Waals surface area contributed by atoms with Crippen molar-refractivity contribution in [3.05, 3.63) is 59.8 Å². The van der Waals surface area contributed by atoms with Gasteiger partial charge in [0.2, 0.25) is 0 Å². The Kier molecular flexibility index (Phi) is 4.46. The van der Waals surface area contributed by atoms with Gasteiger partial charge in [-0.1, -0.05) is 30.4 Å². The molecule has 0 amide bonds. The Hall–Kier alpha value is -2.09. The van der Waals surface area contributed by atoms with E-state index >= 15 is 0 Å². The first-order chi connectivity index (χ1) is 9.99. The van der Waals surface area contributed by atoms with Crippen LogP contribution in [0.15, 0.2) is 64.8 Å². The third-order valence-corrected chi connectivity index (χ3v) is 3.43. The molecular formula is C19H24N2. The molecular weight excluding hydrogens is 256 g/mol. The van der Waals surface area contributed by atoms with E-state index in [2.05, 4.69) is 80.1 Å². The highest BCUT2D eigenvalue weighted by Gasteiger charge is 2.29. The minimum Gasteiger partial charge on any atom is -0.334 e. The highest BCUT2D eigenvalue weighted by atomic mass is 15.2. The molecule has 2 rings (SSSR count). The average Bonchev–Trinajstić information content (AvgIpc) is 2.60. The van der Waals surface area contributed by atoms with E-state index in [9.17, 15) is 0 Å². The van der Waals surface area contributed by atoms with Crippen LogP contribution in [0.3, 0.4) is 0 Å². The van der Waals surface area contributed by atoms with E-state index in [1.807, 2.05) is 19.2 Å². The van der Waals surface area contributed by atoms with Gasteiger partial charge in [-0.25, -0.2) is 0 Å². The molecule has 0 unspecified atom stereocenters. The van der Waals surface area contributed by atoms with Gasteiger partial charge in [-0.2, -0.15) is 0 Å². The highest BCUT2D eigenvalue weighted by molar-refractivity contribution is 5.93. The fraction of sp³-hybridized carbons (Fsp3) is 0.316. The van der Waals surface area contributed by atoms with Crippen LogP contribution in [0.1, 0.15) is 34.6 Å². The Balaban J connectivity index is 2.73. The van der Waals surface area contributed by atoms with E-state index in [0.717, 1.165) is 16.9 Å². The van der Waals surface area contributed by atoms with Crippen LogP contribution in [0.25, 0.3) is 0 Å². The van der Waals surface area contributed by atoms with Gasteiger partial charge in [-0.05, 0) is 52.8 Å². The fourth-order valence-electron chi connectivity index (χ4n) is 2.53. The molecule has 110 valence electrons. The first-order valence-corrected chi connectivity index (χ1v) is 7.42. The predicted molar refractivity (Wildman–Crippen MR) is 93.5 cm³/mol. The van der Waals surface area contributed by atoms with Gasteiger partial charge in [-0.15, -0.1) is 0 Å². The zero-order valence-electron chi connectivity index (χ0n) is 13.6. The van der Waals surface area contributed by atoms with Gasteiger partial charge < -0.3 is 4.90 Å². The molecule has 1 aromatic rings. The van der Waals surface area contributed by atoms with Crippen LogP contribution in [-0.4, -0.2) is 11.8 Å². The van der Waals surface area contributed by atoms with Crippen LogP contribution in [0.4, 0.5) is 11.4 Å². The zero-order chi connectivity index (χ0) is 15.5. The van der Waals surface area contributed by atoms with Crippen molar-refractivity contribution >= 4 is 17.6 Å². The van der Waals surface area contributed by atoms with E-state index < -0.39 is 0 Å². The highest BCUT2D eigenvalue weighted by Crippen LogP contribution is 2.39. The van der Waals surface area contributed by atoms with Crippen molar-refractivity contribution in [3.8, 4) is 0 Å². The number of anilines is 1. The van der Waals surface area contributed by atoms with E-state index in [4.69, 9.17) is 0 Å². The van der Waals surface area contributed by atoms with Crippen molar-refractivity contribution in [1.29, 1.82) is 0 Å². The summed E-state index contributed by atoms with van der Waals surface area (Å²) in [7, 11) is 0. The normalized spacial score (nSPS) is 19.4. The molecule has 0 saturated carbocycles. The number of hydrogen-bond donors (Lipinski definition) is 0. The number of aliphatic imine (C=N–C) groups is 1. The maximum absolute atomic E-state index is 4.66. The quantitative estimate of drug-likeness (QED) is 0.671. The molecule has 1 heterocycles. The Morgan fingerprint density at radius 3 is 2.43 bits per heavy atom. The molecule has 2 nitrogen and oxygen atoms in total. The van der Waals surface area contributed by atoms with Crippen molar-refractivity contribution in [1.82, 2.24) is 0 Å². The third-order valence-electron chi connectivity index (χ3n) is 3.43. The van der Waals surface area contributed by atoms with Crippen molar-refractivity contribution in [2.75, 3.05) is 4.90 Å². The second-order valence-corrected chi connectivity index (χ2v) is 6.07. The van der Waals surface area contributed by atoms with Gasteiger partial charge in [-0.3, -0.25) is 4.99 Å². The van der Waals surface area contributed by atoms with Crippen molar-refractivity contribution in [2.24, 2.45) is 4.99 Å². The van der Waals surface area contributed by atoms with Crippen LogP contribution < -0.4 is 4.90 Å². The van der Waals surface area contributed by atoms with Crippen LogP contribution in [-0.2, 0) is 0 Å². The molecule has 0 N–H and O–H groups in total. The predicted octanol–water partition coefficient (Wildman–Crippen LogP) is 5.41. The van der Waals surface area contributed by atoms with Crippen LogP contribution in [0, 0.1) is 0 Å². The first kappa shape index (κ1) is 15.3. The lowest BCUT2D eigenvalue weighted by atomic mass is 10.00. The summed E-state index contributed by atoms with van der Waals surface area (Å²) in [6.45, 7) is 10.8. The molecule has 21 heavy (non-hydrogen) atoms. The lowest BCUT2D eigenvalue weighted by Gasteiger charge is -2.39. The summed E-state index contributed by atoms with van der Waals surface area (Å²) in [4.78, 5) is 7.03. The van der Waals surface area contributed by atoms with Gasteiger partial charge >= 0.3 is 0 Å². The van der Waals surface area contributed by atoms with E-state index in [1.54, 1.807) is 0 Å². The lowest BCUT2D eigenvalue weighted by molar-refractivity contribution is 0.546. The Labute approximate surface area is 128 Å². The summed E-state index contributed by atoms with van der Waals surface area (Å²) in [5, 5.41) is 0. The molecule has 1 aliphatic rings. The molecule has 0 atom stereocenters. The SMILES string of the molecule is C\C=C/C=C1\C(=C/C)C=Nc2ccccc2N1C(C)(C)C. The van der Waals surface area contributed by atoms with Gasteiger partial charge in [0.1, 0.15) is 0 Å². The molecule has 0 aliphatic carbocycles. The molecule has 0 spiro atoms. The van der Waals surface area contributed by atoms with Crippen molar-refractivity contribution in [3.63, 3.8) is 0 Å². The van der Waals surface area contributed by atoms with E-state index in [1.165, 1.54) is 5.70 Å². The van der Waals surface area contributed by atoms with Crippen molar-refractivity contribution in [2.45, 2.75) is 40.2 Å². The standard InChI is InChI=1S/C19H24N2/c1-6-8-12-17-15(7-2)14-20-16-11-9-10-13-18(16)21(17)19(3,4)5/h6-14H,1-5H3/b8-6-,15-7-,17-12+. The zero-order valence-corrected chi connectivity index (χ0v) is 13.6. The fourth-order valence-corrected chi connectivity index (χ4v) is 2.53. The second kappa shape index (κ2) is 6.13. The summed E-state index contributed by atoms with van der Waals surface area (Å²) in [5.74, 6) is 0. The number of benzene rings is 1. The topological polar surface area (TPSA) is 15.6 Å². The van der Waals surface area contributed by atoms with Crippen LogP contribution >= 0.6 is 0 Å². The molecule has 0 bridgehead atoms. The van der Waals surface area contributed by atoms with Gasteiger partial charge in [0.25, 0.3) is 0 Å². The van der Waals surface area contributed by atoms with Gasteiger partial charge in [0, 0.05) is 17.3 Å². The number of hydrogen-bond acceptors (Lipinski definition) is 2. The maximum atomic E-state index is 4.66. The monoisotopic (exact) mass is 280 g/mol. The minimum absolute atomic E-state index is 0.0362. The Morgan fingerprint density at radius 1 is 1.10 bits per heavy atom. The molecule has 2 heteroatoms. The summed E-state index contributed by atoms with van der Waals surface area (Å²) in [6.07, 6.45) is 10.4. The summed E-state index contributed by atoms with van der Waals surface area (Å²) < 4.78 is 0. The van der Waals surface area contributed by atoms with Crippen molar-refractivity contribution < 1.29 is 0 Å². The maximum Gasteiger partial charge on any atom is 0.0866 e. The first-order valence-electron chi connectivity index (χ1n) is 7.42. The number of fused-ring (bicyclic) bond motifs is 1. The number of nitrogens with zero attached hydrogens (tertiary/aromatic N) is 2. The Bertz CT molecular complexity index is 625. The molecule has 0 saturated heterocycles. The van der Waals surface area contributed by atoms with Gasteiger partial charge in [0.15, 0.2) is 0 Å². The number of para-hydroxylation sites is 2. The third kappa shape index (κ3) is 3.15. The number of rotatable bonds is 1. The van der Waals surface area contributed by atoms with Crippen LogP contribution in [0.5, 0.6) is 0 Å². The molecule has 0 radical (unpaired) electrons. The molecule has 0 aromatic heterocycles. The largest absolute Gasteiger partial charge is 0.334 e. The van der Waals surface area contributed by atoms with Gasteiger partial charge in [0.05, 0.1) is 17.1 Å². The molecule has 0 fully saturated rings. The average molecular weight is 280 g/mol. The number of allylic oxidation sites excluding steroid dienone is 5. The summed E-state index contributed by atoms with van der Waals surface area (Å²) in [5.41, 5.74) is 4.44. The van der Waals surface area contributed by atoms with E-state index in [0.29, 0.717) is 0 Å². The minimum atomic E-state index is -0.0362. The van der Waals surface area contributed by atoms with Crippen LogP contribution in [0.2, 0.25) is 0 Å². The smallest absolute Gasteiger partial charge is 0.0866 e. The molecule has 1 aromatic carbocycles. The van der Waals surface area contributed by atoms with E-state index in [-0.39, 0.29) is 5.54 Å². The Morgan fingerprint density at radius 2 is 1.81 bits per heavy atom.